The zero-order valence-electron chi connectivity index (χ0n) is 10.5. The third kappa shape index (κ3) is 2.18. The predicted octanol–water partition coefficient (Wildman–Crippen LogP) is 2.02. The van der Waals surface area contributed by atoms with Crippen LogP contribution in [-0.4, -0.2) is 30.6 Å². The minimum atomic E-state index is -0.921. The number of hydrogen-bond donors (Lipinski definition) is 2. The Morgan fingerprint density at radius 3 is 2.70 bits per heavy atom. The van der Waals surface area contributed by atoms with Gasteiger partial charge in [0.15, 0.2) is 5.82 Å². The SMILES string of the molecule is O=C(O)Cn1cnc(-c2ccccc2)c1-c1ncc[nH]1. The fourth-order valence-corrected chi connectivity index (χ4v) is 2.10. The van der Waals surface area contributed by atoms with Crippen LogP contribution in [0.15, 0.2) is 49.1 Å². The number of benzene rings is 1. The number of rotatable bonds is 4. The van der Waals surface area contributed by atoms with Gasteiger partial charge in [-0.25, -0.2) is 9.97 Å². The van der Waals surface area contributed by atoms with E-state index in [9.17, 15) is 4.79 Å². The first kappa shape index (κ1) is 12.2. The Bertz CT molecular complexity index is 717. The first-order valence-corrected chi connectivity index (χ1v) is 6.08. The maximum atomic E-state index is 11.0. The fourth-order valence-electron chi connectivity index (χ4n) is 2.10. The number of carbonyl (C=O) groups is 1. The van der Waals surface area contributed by atoms with Gasteiger partial charge in [-0.1, -0.05) is 30.3 Å². The standard InChI is InChI=1S/C14H12N4O2/c19-11(20)8-18-9-17-12(10-4-2-1-3-5-10)13(18)14-15-6-7-16-14/h1-7,9H,8H2,(H,15,16)(H,19,20). The maximum absolute atomic E-state index is 11.0. The van der Waals surface area contributed by atoms with Gasteiger partial charge in [0, 0.05) is 18.0 Å². The lowest BCUT2D eigenvalue weighted by atomic mass is 10.1. The molecule has 6 nitrogen and oxygen atoms in total. The number of imidazole rings is 2. The molecule has 0 saturated carbocycles. The molecule has 0 aliphatic carbocycles. The Hall–Kier alpha value is -2.89. The number of carboxylic acids is 1. The summed E-state index contributed by atoms with van der Waals surface area (Å²) >= 11 is 0. The molecule has 0 fully saturated rings. The Morgan fingerprint density at radius 2 is 2.05 bits per heavy atom. The lowest BCUT2D eigenvalue weighted by molar-refractivity contribution is -0.137. The molecule has 100 valence electrons. The monoisotopic (exact) mass is 268 g/mol. The summed E-state index contributed by atoms with van der Waals surface area (Å²) < 4.78 is 1.57. The molecule has 0 amide bonds. The highest BCUT2D eigenvalue weighted by atomic mass is 16.4. The summed E-state index contributed by atoms with van der Waals surface area (Å²) in [5, 5.41) is 8.99. The van der Waals surface area contributed by atoms with E-state index >= 15 is 0 Å². The summed E-state index contributed by atoms with van der Waals surface area (Å²) in [6.45, 7) is -0.157. The fraction of sp³-hybridized carbons (Fsp3) is 0.0714. The summed E-state index contributed by atoms with van der Waals surface area (Å²) in [6, 6.07) is 9.61. The first-order valence-electron chi connectivity index (χ1n) is 6.08. The average molecular weight is 268 g/mol. The number of hydrogen-bond acceptors (Lipinski definition) is 3. The van der Waals surface area contributed by atoms with Crippen LogP contribution in [0, 0.1) is 0 Å². The lowest BCUT2D eigenvalue weighted by Gasteiger charge is -2.05. The molecule has 0 aliphatic rings. The van der Waals surface area contributed by atoms with Crippen molar-refractivity contribution < 1.29 is 9.90 Å². The van der Waals surface area contributed by atoms with Crippen LogP contribution >= 0.6 is 0 Å². The van der Waals surface area contributed by atoms with Crippen molar-refractivity contribution in [1.29, 1.82) is 0 Å². The van der Waals surface area contributed by atoms with E-state index in [0.717, 1.165) is 5.56 Å². The first-order chi connectivity index (χ1) is 9.75. The van der Waals surface area contributed by atoms with E-state index in [1.807, 2.05) is 30.3 Å². The van der Waals surface area contributed by atoms with Crippen LogP contribution in [0.1, 0.15) is 0 Å². The van der Waals surface area contributed by atoms with Crippen LogP contribution in [0.3, 0.4) is 0 Å². The lowest BCUT2D eigenvalue weighted by Crippen LogP contribution is -2.09. The van der Waals surface area contributed by atoms with Crippen LogP contribution in [-0.2, 0) is 11.3 Å². The van der Waals surface area contributed by atoms with Crippen LogP contribution in [0.5, 0.6) is 0 Å². The van der Waals surface area contributed by atoms with Gasteiger partial charge in [-0.2, -0.15) is 0 Å². The van der Waals surface area contributed by atoms with E-state index in [1.165, 1.54) is 6.33 Å². The van der Waals surface area contributed by atoms with Crippen molar-refractivity contribution in [2.45, 2.75) is 6.54 Å². The molecule has 0 aliphatic heterocycles. The minimum absolute atomic E-state index is 0.157. The topological polar surface area (TPSA) is 83.8 Å². The normalized spacial score (nSPS) is 10.6. The van der Waals surface area contributed by atoms with Crippen LogP contribution in [0.25, 0.3) is 22.8 Å². The summed E-state index contributed by atoms with van der Waals surface area (Å²) in [5.41, 5.74) is 2.30. The smallest absolute Gasteiger partial charge is 0.323 e. The second kappa shape index (κ2) is 5.00. The molecule has 0 bridgehead atoms. The Labute approximate surface area is 114 Å². The van der Waals surface area contributed by atoms with E-state index in [-0.39, 0.29) is 6.54 Å². The van der Waals surface area contributed by atoms with Crippen molar-refractivity contribution in [3.63, 3.8) is 0 Å². The zero-order chi connectivity index (χ0) is 13.9. The second-order valence-electron chi connectivity index (χ2n) is 4.27. The van der Waals surface area contributed by atoms with Gasteiger partial charge in [-0.3, -0.25) is 4.79 Å². The molecule has 6 heteroatoms. The van der Waals surface area contributed by atoms with E-state index in [1.54, 1.807) is 17.0 Å². The highest BCUT2D eigenvalue weighted by molar-refractivity contribution is 5.77. The molecule has 20 heavy (non-hydrogen) atoms. The molecule has 0 radical (unpaired) electrons. The minimum Gasteiger partial charge on any atom is -0.480 e. The molecule has 2 aromatic heterocycles. The van der Waals surface area contributed by atoms with Gasteiger partial charge in [0.1, 0.15) is 12.2 Å². The molecule has 0 saturated heterocycles. The average Bonchev–Trinajstić information content (AvgIpc) is 3.07. The van der Waals surface area contributed by atoms with Crippen molar-refractivity contribution in [3.8, 4) is 22.8 Å². The number of aromatic nitrogens is 4. The number of H-pyrrole nitrogens is 1. The largest absolute Gasteiger partial charge is 0.480 e. The molecule has 0 spiro atoms. The second-order valence-corrected chi connectivity index (χ2v) is 4.27. The van der Waals surface area contributed by atoms with E-state index in [4.69, 9.17) is 5.11 Å². The number of carboxylic acid groups (broad SMARTS) is 1. The molecular weight excluding hydrogens is 256 g/mol. The summed E-state index contributed by atoms with van der Waals surface area (Å²) in [6.07, 6.45) is 4.85. The molecule has 0 atom stereocenters. The Kier molecular flexibility index (Phi) is 3.04. The quantitative estimate of drug-likeness (QED) is 0.758. The zero-order valence-corrected chi connectivity index (χ0v) is 10.5. The van der Waals surface area contributed by atoms with E-state index in [0.29, 0.717) is 17.2 Å². The highest BCUT2D eigenvalue weighted by Crippen LogP contribution is 2.28. The van der Waals surface area contributed by atoms with Gasteiger partial charge < -0.3 is 14.7 Å². The Balaban J connectivity index is 2.16. The molecular formula is C14H12N4O2. The van der Waals surface area contributed by atoms with Gasteiger partial charge >= 0.3 is 5.97 Å². The molecule has 0 unspecified atom stereocenters. The van der Waals surface area contributed by atoms with Crippen molar-refractivity contribution in [2.75, 3.05) is 0 Å². The Morgan fingerprint density at radius 1 is 1.25 bits per heavy atom. The van der Waals surface area contributed by atoms with Crippen molar-refractivity contribution in [2.24, 2.45) is 0 Å². The van der Waals surface area contributed by atoms with E-state index < -0.39 is 5.97 Å². The molecule has 3 aromatic rings. The molecule has 2 heterocycles. The van der Waals surface area contributed by atoms with Crippen molar-refractivity contribution in [1.82, 2.24) is 19.5 Å². The van der Waals surface area contributed by atoms with Crippen molar-refractivity contribution >= 4 is 5.97 Å². The van der Waals surface area contributed by atoms with Gasteiger partial charge in [-0.05, 0) is 0 Å². The maximum Gasteiger partial charge on any atom is 0.323 e. The van der Waals surface area contributed by atoms with Crippen molar-refractivity contribution in [3.05, 3.63) is 49.1 Å². The van der Waals surface area contributed by atoms with Gasteiger partial charge in [0.2, 0.25) is 0 Å². The predicted molar refractivity (Wildman–Crippen MR) is 72.9 cm³/mol. The van der Waals surface area contributed by atoms with Crippen LogP contribution in [0.2, 0.25) is 0 Å². The number of nitrogens with zero attached hydrogens (tertiary/aromatic N) is 3. The van der Waals surface area contributed by atoms with Crippen LogP contribution < -0.4 is 0 Å². The molecule has 2 N–H and O–H groups in total. The number of nitrogens with one attached hydrogen (secondary N) is 1. The van der Waals surface area contributed by atoms with Gasteiger partial charge in [0.05, 0.1) is 12.0 Å². The summed E-state index contributed by atoms with van der Waals surface area (Å²) in [4.78, 5) is 22.5. The van der Waals surface area contributed by atoms with E-state index in [2.05, 4.69) is 15.0 Å². The third-order valence-electron chi connectivity index (χ3n) is 2.91. The molecule has 1 aromatic carbocycles. The number of aromatic amines is 1. The molecule has 3 rings (SSSR count). The highest BCUT2D eigenvalue weighted by Gasteiger charge is 2.17. The van der Waals surface area contributed by atoms with Gasteiger partial charge in [0.25, 0.3) is 0 Å². The van der Waals surface area contributed by atoms with Gasteiger partial charge in [-0.15, -0.1) is 0 Å². The third-order valence-corrected chi connectivity index (χ3v) is 2.91. The van der Waals surface area contributed by atoms with Crippen LogP contribution in [0.4, 0.5) is 0 Å². The summed E-state index contributed by atoms with van der Waals surface area (Å²) in [5.74, 6) is -0.322. The number of aliphatic carboxylic acids is 1. The summed E-state index contributed by atoms with van der Waals surface area (Å²) in [7, 11) is 0.